The van der Waals surface area contributed by atoms with E-state index in [9.17, 15) is 0 Å². The molecule has 0 unspecified atom stereocenters. The van der Waals surface area contributed by atoms with Crippen LogP contribution in [-0.2, 0) is 5.41 Å². The number of nitrogens with two attached hydrogens (primary N) is 1. The van der Waals surface area contributed by atoms with Crippen LogP contribution in [0.15, 0.2) is 0 Å². The third kappa shape index (κ3) is 2.19. The second kappa shape index (κ2) is 3.27. The van der Waals surface area contributed by atoms with Gasteiger partial charge in [-0.05, 0) is 0 Å². The van der Waals surface area contributed by atoms with Gasteiger partial charge in [0.1, 0.15) is 16.7 Å². The van der Waals surface area contributed by atoms with Gasteiger partial charge in [-0.25, -0.2) is 4.98 Å². The molecular formula is C8H12ClN3S. The zero-order valence-corrected chi connectivity index (χ0v) is 9.38. The molecule has 1 heterocycles. The molecular weight excluding hydrogens is 206 g/mol. The zero-order chi connectivity index (χ0) is 10.2. The second-order valence-electron chi connectivity index (χ2n) is 3.87. The summed E-state index contributed by atoms with van der Waals surface area (Å²) in [5.74, 6) is 0.747. The molecule has 0 atom stereocenters. The van der Waals surface area contributed by atoms with Gasteiger partial charge in [-0.15, -0.1) is 0 Å². The molecule has 0 aliphatic carbocycles. The van der Waals surface area contributed by atoms with Gasteiger partial charge in [0.15, 0.2) is 4.64 Å². The van der Waals surface area contributed by atoms with Crippen molar-refractivity contribution in [2.45, 2.75) is 26.2 Å². The van der Waals surface area contributed by atoms with Gasteiger partial charge in [-0.2, -0.15) is 0 Å². The molecule has 0 amide bonds. The first-order valence-electron chi connectivity index (χ1n) is 3.88. The van der Waals surface area contributed by atoms with Crippen molar-refractivity contribution in [3.05, 3.63) is 15.6 Å². The number of nitrogens with one attached hydrogen (secondary N) is 1. The number of nitrogens with zero attached hydrogens (tertiary/aromatic N) is 1. The molecule has 0 fully saturated rings. The lowest BCUT2D eigenvalue weighted by atomic mass is 9.96. The van der Waals surface area contributed by atoms with E-state index in [4.69, 9.17) is 29.6 Å². The van der Waals surface area contributed by atoms with E-state index >= 15 is 0 Å². The van der Waals surface area contributed by atoms with Crippen LogP contribution in [0.5, 0.6) is 0 Å². The molecule has 3 N–H and O–H groups in total. The van der Waals surface area contributed by atoms with Crippen LogP contribution in [0.4, 0.5) is 5.69 Å². The molecule has 0 aliphatic rings. The average molecular weight is 218 g/mol. The van der Waals surface area contributed by atoms with Gasteiger partial charge in [0.05, 0.1) is 0 Å². The largest absolute Gasteiger partial charge is 0.394 e. The Bertz CT molecular complexity index is 378. The Kier molecular flexibility index (Phi) is 2.63. The fraction of sp³-hybridized carbons (Fsp3) is 0.500. The summed E-state index contributed by atoms with van der Waals surface area (Å²) in [6.45, 7) is 6.06. The number of nitrogen functional groups attached to an aromatic ring is 1. The van der Waals surface area contributed by atoms with E-state index in [1.807, 2.05) is 20.8 Å². The van der Waals surface area contributed by atoms with E-state index in [1.54, 1.807) is 0 Å². The molecule has 0 spiro atoms. The van der Waals surface area contributed by atoms with Crippen molar-refractivity contribution in [2.75, 3.05) is 5.73 Å². The minimum atomic E-state index is -0.106. The molecule has 13 heavy (non-hydrogen) atoms. The van der Waals surface area contributed by atoms with E-state index in [0.29, 0.717) is 15.5 Å². The summed E-state index contributed by atoms with van der Waals surface area (Å²) in [7, 11) is 0. The summed E-state index contributed by atoms with van der Waals surface area (Å²) in [5.41, 5.74) is 5.80. The number of hydrogen-bond donors (Lipinski definition) is 2. The van der Waals surface area contributed by atoms with Crippen LogP contribution < -0.4 is 5.73 Å². The fourth-order valence-electron chi connectivity index (χ4n) is 0.810. The van der Waals surface area contributed by atoms with Crippen molar-refractivity contribution < 1.29 is 0 Å². The van der Waals surface area contributed by atoms with Crippen molar-refractivity contribution in [1.82, 2.24) is 9.97 Å². The fourth-order valence-corrected chi connectivity index (χ4v) is 1.24. The van der Waals surface area contributed by atoms with Gasteiger partial charge < -0.3 is 10.7 Å². The maximum absolute atomic E-state index is 5.84. The molecule has 0 aliphatic heterocycles. The highest BCUT2D eigenvalue weighted by Gasteiger charge is 2.17. The number of rotatable bonds is 0. The van der Waals surface area contributed by atoms with Gasteiger partial charge >= 0.3 is 0 Å². The summed E-state index contributed by atoms with van der Waals surface area (Å²) in [5, 5.41) is 0.366. The average Bonchev–Trinajstić information content (AvgIpc) is 1.97. The smallest absolute Gasteiger partial charge is 0.154 e. The Morgan fingerprint density at radius 1 is 1.46 bits per heavy atom. The summed E-state index contributed by atoms with van der Waals surface area (Å²) in [6.07, 6.45) is 0. The van der Waals surface area contributed by atoms with E-state index in [-0.39, 0.29) is 5.41 Å². The standard InChI is InChI=1S/C8H12ClN3S/c1-8(2,3)7-11-5(9)4(10)6(13)12-7/h10H2,1-3H3,(H,11,12,13). The van der Waals surface area contributed by atoms with Gasteiger partial charge in [-0.3, -0.25) is 0 Å². The van der Waals surface area contributed by atoms with Crippen LogP contribution >= 0.6 is 23.8 Å². The molecule has 1 rings (SSSR count). The number of aromatic amines is 1. The minimum Gasteiger partial charge on any atom is -0.394 e. The Morgan fingerprint density at radius 3 is 2.38 bits per heavy atom. The predicted octanol–water partition coefficient (Wildman–Crippen LogP) is 2.67. The van der Waals surface area contributed by atoms with E-state index in [1.165, 1.54) is 0 Å². The topological polar surface area (TPSA) is 54.7 Å². The lowest BCUT2D eigenvalue weighted by molar-refractivity contribution is 0.544. The van der Waals surface area contributed by atoms with Crippen molar-refractivity contribution >= 4 is 29.5 Å². The lowest BCUT2D eigenvalue weighted by Gasteiger charge is -2.17. The summed E-state index contributed by atoms with van der Waals surface area (Å²) >= 11 is 10.8. The molecule has 1 aromatic rings. The SMILES string of the molecule is CC(C)(C)c1nc(=S)c(N)c(Cl)[nH]1. The number of anilines is 1. The Hall–Kier alpha value is -0.610. The third-order valence-electron chi connectivity index (χ3n) is 1.62. The van der Waals surface area contributed by atoms with Crippen LogP contribution in [-0.4, -0.2) is 9.97 Å². The molecule has 72 valence electrons. The summed E-state index contributed by atoms with van der Waals surface area (Å²) in [6, 6.07) is 0. The Labute approximate surface area is 87.3 Å². The number of aromatic nitrogens is 2. The monoisotopic (exact) mass is 217 g/mol. The molecule has 5 heteroatoms. The number of hydrogen-bond acceptors (Lipinski definition) is 3. The molecule has 0 saturated carbocycles. The second-order valence-corrected chi connectivity index (χ2v) is 4.63. The van der Waals surface area contributed by atoms with Crippen LogP contribution in [0.1, 0.15) is 26.6 Å². The van der Waals surface area contributed by atoms with Crippen molar-refractivity contribution in [3.63, 3.8) is 0 Å². The number of H-pyrrole nitrogens is 1. The maximum atomic E-state index is 5.84. The van der Waals surface area contributed by atoms with Crippen LogP contribution in [0.2, 0.25) is 5.15 Å². The molecule has 3 nitrogen and oxygen atoms in total. The lowest BCUT2D eigenvalue weighted by Crippen LogP contribution is -2.16. The highest BCUT2D eigenvalue weighted by atomic mass is 35.5. The minimum absolute atomic E-state index is 0.106. The normalized spacial score (nSPS) is 11.7. The van der Waals surface area contributed by atoms with Crippen molar-refractivity contribution in [1.29, 1.82) is 0 Å². The maximum Gasteiger partial charge on any atom is 0.154 e. The first kappa shape index (κ1) is 10.5. The van der Waals surface area contributed by atoms with Crippen LogP contribution in [0.25, 0.3) is 0 Å². The Balaban J connectivity index is 3.38. The van der Waals surface area contributed by atoms with Crippen LogP contribution in [0, 0.1) is 4.64 Å². The zero-order valence-electron chi connectivity index (χ0n) is 7.81. The number of halogens is 1. The van der Waals surface area contributed by atoms with Crippen molar-refractivity contribution in [2.24, 2.45) is 0 Å². The van der Waals surface area contributed by atoms with Gasteiger partial charge in [-0.1, -0.05) is 44.6 Å². The quantitative estimate of drug-likeness (QED) is 0.519. The molecule has 0 saturated heterocycles. The van der Waals surface area contributed by atoms with Gasteiger partial charge in [0, 0.05) is 5.41 Å². The molecule has 0 bridgehead atoms. The first-order valence-corrected chi connectivity index (χ1v) is 4.67. The van der Waals surface area contributed by atoms with Gasteiger partial charge in [0.25, 0.3) is 0 Å². The van der Waals surface area contributed by atoms with E-state index in [2.05, 4.69) is 9.97 Å². The van der Waals surface area contributed by atoms with Gasteiger partial charge in [0.2, 0.25) is 0 Å². The third-order valence-corrected chi connectivity index (χ3v) is 2.23. The van der Waals surface area contributed by atoms with E-state index < -0.39 is 0 Å². The molecule has 1 aromatic heterocycles. The first-order chi connectivity index (χ1) is 5.82. The summed E-state index contributed by atoms with van der Waals surface area (Å²) < 4.78 is 0.355. The molecule has 0 aromatic carbocycles. The molecule has 0 radical (unpaired) electrons. The highest BCUT2D eigenvalue weighted by molar-refractivity contribution is 7.71. The predicted molar refractivity (Wildman–Crippen MR) is 57.5 cm³/mol. The Morgan fingerprint density at radius 2 is 2.00 bits per heavy atom. The summed E-state index contributed by atoms with van der Waals surface area (Å²) in [4.78, 5) is 7.07. The highest BCUT2D eigenvalue weighted by Crippen LogP contribution is 2.23. The van der Waals surface area contributed by atoms with Crippen molar-refractivity contribution in [3.8, 4) is 0 Å². The van der Waals surface area contributed by atoms with Crippen LogP contribution in [0.3, 0.4) is 0 Å². The van der Waals surface area contributed by atoms with E-state index in [0.717, 1.165) is 5.82 Å².